The van der Waals surface area contributed by atoms with E-state index in [-0.39, 0.29) is 0 Å². The van der Waals surface area contributed by atoms with Gasteiger partial charge in [0.1, 0.15) is 0 Å². The zero-order chi connectivity index (χ0) is 6.24. The zero-order valence-electron chi connectivity index (χ0n) is 5.02. The molecule has 1 nitrogen and oxygen atoms in total. The summed E-state index contributed by atoms with van der Waals surface area (Å²) in [4.78, 5) is 0. The normalized spacial score (nSPS) is 9.75. The highest BCUT2D eigenvalue weighted by atomic mass is 32.2. The van der Waals surface area contributed by atoms with Crippen LogP contribution in [0.2, 0.25) is 0 Å². The zero-order valence-corrected chi connectivity index (χ0v) is 5.84. The van der Waals surface area contributed by atoms with Crippen LogP contribution in [0, 0.1) is 0 Å². The molecular weight excluding hydrogens is 127 g/mol. The first-order chi connectivity index (χ1) is 3.91. The van der Waals surface area contributed by atoms with Gasteiger partial charge in [0.2, 0.25) is 0 Å². The molecule has 0 amide bonds. The van der Waals surface area contributed by atoms with E-state index in [1.54, 1.807) is 0 Å². The van der Waals surface area contributed by atoms with Crippen LogP contribution < -0.4 is 0 Å². The molecule has 0 aliphatic rings. The molecule has 3 heteroatoms. The molecule has 0 rings (SSSR count). The molecular formula is C5H11FOS. The largest absolute Gasteiger partial charge is 0.382 e. The highest BCUT2D eigenvalue weighted by Gasteiger charge is 1.85. The molecule has 8 heavy (non-hydrogen) atoms. The van der Waals surface area contributed by atoms with Crippen molar-refractivity contribution in [2.75, 3.05) is 19.0 Å². The lowest BCUT2D eigenvalue weighted by molar-refractivity contribution is 0.149. The van der Waals surface area contributed by atoms with Gasteiger partial charge < -0.3 is 4.74 Å². The van der Waals surface area contributed by atoms with E-state index in [4.69, 9.17) is 4.74 Å². The summed E-state index contributed by atoms with van der Waals surface area (Å²) in [5.41, 5.74) is 0. The Morgan fingerprint density at radius 3 is 2.88 bits per heavy atom. The Kier molecular flexibility index (Phi) is 7.46. The Balaban J connectivity index is 2.53. The lowest BCUT2D eigenvalue weighted by Crippen LogP contribution is -1.93. The molecule has 0 atom stereocenters. The molecule has 50 valence electrons. The summed E-state index contributed by atoms with van der Waals surface area (Å²) in [5, 5.41) is 0. The lowest BCUT2D eigenvalue weighted by atomic mass is 10.5. The monoisotopic (exact) mass is 138 g/mol. The van der Waals surface area contributed by atoms with Gasteiger partial charge in [-0.1, -0.05) is 0 Å². The number of halogens is 1. The summed E-state index contributed by atoms with van der Waals surface area (Å²) in [6.45, 7) is 3.35. The van der Waals surface area contributed by atoms with Crippen LogP contribution in [0.4, 0.5) is 3.89 Å². The Morgan fingerprint density at radius 2 is 2.38 bits per heavy atom. The van der Waals surface area contributed by atoms with Crippen LogP contribution in [0.1, 0.15) is 13.3 Å². The van der Waals surface area contributed by atoms with Crippen molar-refractivity contribution in [3.05, 3.63) is 0 Å². The van der Waals surface area contributed by atoms with E-state index >= 15 is 0 Å². The second-order valence-corrected chi connectivity index (χ2v) is 1.99. The molecule has 0 spiro atoms. The number of hydrogen-bond acceptors (Lipinski definition) is 2. The number of hydrogen-bond donors (Lipinski definition) is 0. The molecule has 0 aromatic carbocycles. The van der Waals surface area contributed by atoms with Crippen molar-refractivity contribution in [1.29, 1.82) is 0 Å². The smallest absolute Gasteiger partial charge is 0.0474 e. The first kappa shape index (κ1) is 8.24. The van der Waals surface area contributed by atoms with Crippen LogP contribution in [-0.2, 0) is 4.74 Å². The molecule has 0 bridgehead atoms. The molecule has 0 radical (unpaired) electrons. The summed E-state index contributed by atoms with van der Waals surface area (Å²) < 4.78 is 16.2. The van der Waals surface area contributed by atoms with Gasteiger partial charge in [-0.15, -0.1) is 0 Å². The van der Waals surface area contributed by atoms with Crippen LogP contribution in [0.25, 0.3) is 0 Å². The maximum absolute atomic E-state index is 11.3. The maximum Gasteiger partial charge on any atom is 0.0474 e. The third-order valence-electron chi connectivity index (χ3n) is 0.714. The van der Waals surface area contributed by atoms with Crippen molar-refractivity contribution in [3.8, 4) is 0 Å². The SMILES string of the molecule is CCOCCCSF. The summed E-state index contributed by atoms with van der Waals surface area (Å²) in [6, 6.07) is 0. The lowest BCUT2D eigenvalue weighted by Gasteiger charge is -1.95. The molecule has 0 aromatic heterocycles. The van der Waals surface area contributed by atoms with E-state index in [2.05, 4.69) is 0 Å². The minimum atomic E-state index is 0.372. The fourth-order valence-electron chi connectivity index (χ4n) is 0.360. The van der Waals surface area contributed by atoms with E-state index in [0.29, 0.717) is 24.5 Å². The topological polar surface area (TPSA) is 9.23 Å². The molecule has 0 saturated heterocycles. The quantitative estimate of drug-likeness (QED) is 0.537. The van der Waals surface area contributed by atoms with Gasteiger partial charge in [0.15, 0.2) is 0 Å². The van der Waals surface area contributed by atoms with Crippen molar-refractivity contribution < 1.29 is 8.62 Å². The van der Waals surface area contributed by atoms with Crippen LogP contribution in [0.3, 0.4) is 0 Å². The number of ether oxygens (including phenoxy) is 1. The van der Waals surface area contributed by atoms with Gasteiger partial charge in [-0.25, -0.2) is 0 Å². The van der Waals surface area contributed by atoms with Gasteiger partial charge in [-0.2, -0.15) is 3.89 Å². The first-order valence-electron chi connectivity index (χ1n) is 2.73. The summed E-state index contributed by atoms with van der Waals surface area (Å²) in [5.74, 6) is 0.556. The Morgan fingerprint density at radius 1 is 1.62 bits per heavy atom. The van der Waals surface area contributed by atoms with Crippen LogP contribution >= 0.6 is 12.1 Å². The van der Waals surface area contributed by atoms with Gasteiger partial charge in [-0.3, -0.25) is 0 Å². The Hall–Kier alpha value is 0.240. The predicted molar refractivity (Wildman–Crippen MR) is 34.7 cm³/mol. The number of rotatable bonds is 5. The van der Waals surface area contributed by atoms with E-state index in [1.807, 2.05) is 6.92 Å². The average molecular weight is 138 g/mol. The van der Waals surface area contributed by atoms with Gasteiger partial charge in [0.05, 0.1) is 0 Å². The Labute approximate surface area is 53.9 Å². The molecule has 0 aliphatic carbocycles. The van der Waals surface area contributed by atoms with Crippen molar-refractivity contribution in [2.24, 2.45) is 0 Å². The summed E-state index contributed by atoms with van der Waals surface area (Å²) >= 11 is 0.372. The summed E-state index contributed by atoms with van der Waals surface area (Å²) in [7, 11) is 0. The predicted octanol–water partition coefficient (Wildman–Crippen LogP) is 2.03. The minimum Gasteiger partial charge on any atom is -0.382 e. The molecule has 0 heterocycles. The molecule has 0 saturated carbocycles. The van der Waals surface area contributed by atoms with Crippen LogP contribution in [-0.4, -0.2) is 19.0 Å². The fourth-order valence-corrected chi connectivity index (χ4v) is 0.587. The van der Waals surface area contributed by atoms with E-state index in [9.17, 15) is 3.89 Å². The highest BCUT2D eigenvalue weighted by Crippen LogP contribution is 2.01. The second kappa shape index (κ2) is 7.24. The van der Waals surface area contributed by atoms with Crippen molar-refractivity contribution >= 4 is 12.1 Å². The minimum absolute atomic E-state index is 0.372. The molecule has 0 unspecified atom stereocenters. The van der Waals surface area contributed by atoms with Gasteiger partial charge in [0.25, 0.3) is 0 Å². The molecule has 0 aromatic rings. The standard InChI is InChI=1S/C5H11FOS/c1-2-7-4-3-5-8-6/h2-5H2,1H3. The van der Waals surface area contributed by atoms with E-state index < -0.39 is 0 Å². The van der Waals surface area contributed by atoms with Gasteiger partial charge in [0, 0.05) is 31.1 Å². The average Bonchev–Trinajstić information content (AvgIpc) is 1.81. The Bertz CT molecular complexity index is 37.4. The molecule has 0 fully saturated rings. The highest BCUT2D eigenvalue weighted by molar-refractivity contribution is 7.94. The molecule has 0 aliphatic heterocycles. The van der Waals surface area contributed by atoms with Crippen molar-refractivity contribution in [2.45, 2.75) is 13.3 Å². The molecule has 0 N–H and O–H groups in total. The van der Waals surface area contributed by atoms with Gasteiger partial charge >= 0.3 is 0 Å². The van der Waals surface area contributed by atoms with Crippen LogP contribution in [0.5, 0.6) is 0 Å². The van der Waals surface area contributed by atoms with Crippen LogP contribution in [0.15, 0.2) is 0 Å². The maximum atomic E-state index is 11.3. The fraction of sp³-hybridized carbons (Fsp3) is 1.00. The van der Waals surface area contributed by atoms with E-state index in [1.165, 1.54) is 0 Å². The first-order valence-corrected chi connectivity index (χ1v) is 3.61. The van der Waals surface area contributed by atoms with Gasteiger partial charge in [-0.05, 0) is 13.3 Å². The van der Waals surface area contributed by atoms with E-state index in [0.717, 1.165) is 13.0 Å². The summed E-state index contributed by atoms with van der Waals surface area (Å²) in [6.07, 6.45) is 0.814. The second-order valence-electron chi connectivity index (χ2n) is 1.36. The third kappa shape index (κ3) is 6.24. The van der Waals surface area contributed by atoms with Crippen molar-refractivity contribution in [3.63, 3.8) is 0 Å². The third-order valence-corrected chi connectivity index (χ3v) is 1.16. The van der Waals surface area contributed by atoms with Crippen molar-refractivity contribution in [1.82, 2.24) is 0 Å².